The van der Waals surface area contributed by atoms with Crippen LogP contribution in [0.25, 0.3) is 83.9 Å². The average Bonchev–Trinajstić information content (AvgIpc) is 3.70. The van der Waals surface area contributed by atoms with Gasteiger partial charge in [-0.15, -0.1) is 0 Å². The van der Waals surface area contributed by atoms with Gasteiger partial charge in [0.2, 0.25) is 0 Å². The van der Waals surface area contributed by atoms with E-state index in [0.29, 0.717) is 28.1 Å². The van der Waals surface area contributed by atoms with Crippen LogP contribution in [0, 0.1) is 6.85 Å². The minimum absolute atomic E-state index is 0.109. The lowest BCUT2D eigenvalue weighted by atomic mass is 9.79. The molecule has 0 radical (unpaired) electrons. The van der Waals surface area contributed by atoms with Crippen molar-refractivity contribution >= 4 is 11.0 Å². The van der Waals surface area contributed by atoms with Crippen molar-refractivity contribution < 1.29 is 10.6 Å². The van der Waals surface area contributed by atoms with E-state index in [0.717, 1.165) is 72.5 Å². The zero-order valence-electron chi connectivity index (χ0n) is 42.0. The molecule has 0 saturated heterocycles. The molecule has 2 aromatic heterocycles. The lowest BCUT2D eigenvalue weighted by Crippen LogP contribution is -2.17. The molecule has 0 bridgehead atoms. The van der Waals surface area contributed by atoms with Gasteiger partial charge in [-0.05, 0) is 134 Å². The second kappa shape index (κ2) is 16.6. The molecule has 9 aromatic rings. The van der Waals surface area contributed by atoms with E-state index in [9.17, 15) is 5.11 Å². The monoisotopic (exact) mass is 839 g/mol. The molecule has 0 aliphatic carbocycles. The molecule has 1 N–H and O–H groups in total. The molecule has 4 nitrogen and oxygen atoms in total. The van der Waals surface area contributed by atoms with E-state index < -0.39 is 18.2 Å². The molecule has 0 aliphatic heterocycles. The molecule has 4 heteroatoms. The number of aromatic hydroxyl groups is 1. The van der Waals surface area contributed by atoms with Crippen molar-refractivity contribution in [3.05, 3.63) is 192 Å². The van der Waals surface area contributed by atoms with Crippen molar-refractivity contribution in [2.24, 2.45) is 0 Å². The molecule has 0 amide bonds. The van der Waals surface area contributed by atoms with Gasteiger partial charge in [-0.1, -0.05) is 165 Å². The summed E-state index contributed by atoms with van der Waals surface area (Å²) in [6.07, 6.45) is 1.84. The summed E-state index contributed by atoms with van der Waals surface area (Å²) in [5.41, 5.74) is 13.8. The normalized spacial score (nSPS) is 13.3. The quantitative estimate of drug-likeness (QED) is 0.166. The number of benzene rings is 7. The first kappa shape index (κ1) is 37.5. The zero-order chi connectivity index (χ0) is 48.3. The fourth-order valence-electron chi connectivity index (χ4n) is 8.60. The van der Waals surface area contributed by atoms with Crippen LogP contribution < -0.4 is 0 Å². The number of imidazole rings is 1. The molecule has 2 heterocycles. The maximum atomic E-state index is 12.5. The smallest absolute Gasteiger partial charge is 0.149 e. The van der Waals surface area contributed by atoms with Crippen LogP contribution in [0.5, 0.6) is 5.75 Å². The highest BCUT2D eigenvalue weighted by atomic mass is 16.3. The Balaban J connectivity index is 1.32. The molecule has 0 atom stereocenters. The van der Waals surface area contributed by atoms with Crippen LogP contribution >= 0.6 is 0 Å². The number of aromatic nitrogens is 3. The fourth-order valence-corrected chi connectivity index (χ4v) is 8.60. The number of nitrogens with zero attached hydrogens (tertiary/aromatic N) is 3. The minimum Gasteiger partial charge on any atom is -0.507 e. The average molecular weight is 840 g/mol. The highest BCUT2D eigenvalue weighted by molar-refractivity contribution is 5.98. The van der Waals surface area contributed by atoms with E-state index in [1.807, 2.05) is 122 Å². The largest absolute Gasteiger partial charge is 0.507 e. The molecule has 0 unspecified atom stereocenters. The predicted octanol–water partition coefficient (Wildman–Crippen LogP) is 16.2. The number of pyridine rings is 1. The van der Waals surface area contributed by atoms with E-state index >= 15 is 0 Å². The van der Waals surface area contributed by atoms with Gasteiger partial charge in [0.05, 0.1) is 28.0 Å². The number of hydrogen-bond donors (Lipinski definition) is 1. The number of phenolic OH excluding ortho intramolecular Hbond substituents is 1. The summed E-state index contributed by atoms with van der Waals surface area (Å²) < 4.78 is 37.3. The predicted molar refractivity (Wildman–Crippen MR) is 269 cm³/mol. The van der Waals surface area contributed by atoms with E-state index in [4.69, 9.17) is 15.5 Å². The van der Waals surface area contributed by atoms with Gasteiger partial charge in [-0.2, -0.15) is 0 Å². The first-order chi connectivity index (χ1) is 32.1. The Morgan fingerprint density at radius 1 is 0.562 bits per heavy atom. The van der Waals surface area contributed by atoms with E-state index in [1.165, 1.54) is 0 Å². The molecule has 0 aliphatic rings. The molecule has 64 heavy (non-hydrogen) atoms. The third-order valence-corrected chi connectivity index (χ3v) is 12.3. The Morgan fingerprint density at radius 2 is 1.19 bits per heavy atom. The highest BCUT2D eigenvalue weighted by Crippen LogP contribution is 2.45. The zero-order valence-corrected chi connectivity index (χ0v) is 38.0. The molecular weight excluding hydrogens is 779 g/mol. The molecule has 0 fully saturated rings. The topological polar surface area (TPSA) is 50.9 Å². The number of fused-ring (bicyclic) bond motifs is 1. The van der Waals surface area contributed by atoms with Crippen LogP contribution in [0.15, 0.2) is 170 Å². The van der Waals surface area contributed by atoms with Gasteiger partial charge in [-0.3, -0.25) is 9.55 Å². The minimum atomic E-state index is -2.50. The van der Waals surface area contributed by atoms with Crippen molar-refractivity contribution in [1.82, 2.24) is 14.5 Å². The third-order valence-electron chi connectivity index (χ3n) is 12.3. The number of aryl methyl sites for hydroxylation is 1. The first-order valence-corrected chi connectivity index (χ1v) is 22.0. The maximum Gasteiger partial charge on any atom is 0.149 e. The summed E-state index contributed by atoms with van der Waals surface area (Å²) >= 11 is 0. The van der Waals surface area contributed by atoms with Crippen LogP contribution in [-0.4, -0.2) is 19.6 Å². The van der Waals surface area contributed by atoms with Crippen molar-refractivity contribution in [2.45, 2.75) is 79.0 Å². The van der Waals surface area contributed by atoms with Gasteiger partial charge in [0, 0.05) is 28.4 Å². The van der Waals surface area contributed by atoms with Gasteiger partial charge in [0.25, 0.3) is 0 Å². The summed E-state index contributed by atoms with van der Waals surface area (Å²) in [6, 6.07) is 54.6. The van der Waals surface area contributed by atoms with Gasteiger partial charge in [-0.25, -0.2) is 4.98 Å². The Labute approximate surface area is 384 Å². The number of rotatable bonds is 8. The highest BCUT2D eigenvalue weighted by Gasteiger charge is 2.29. The number of phenols is 1. The second-order valence-electron chi connectivity index (χ2n) is 19.1. The second-order valence-corrected chi connectivity index (χ2v) is 19.1. The van der Waals surface area contributed by atoms with Crippen LogP contribution in [0.2, 0.25) is 0 Å². The molecule has 0 saturated carbocycles. The van der Waals surface area contributed by atoms with Crippen LogP contribution in [0.1, 0.15) is 89.0 Å². The Bertz CT molecular complexity index is 3310. The molecule has 7 aromatic carbocycles. The van der Waals surface area contributed by atoms with Gasteiger partial charge < -0.3 is 5.11 Å². The van der Waals surface area contributed by atoms with Gasteiger partial charge >= 0.3 is 0 Å². The van der Waals surface area contributed by atoms with Crippen molar-refractivity contribution in [3.63, 3.8) is 0 Å². The van der Waals surface area contributed by atoms with Crippen LogP contribution in [0.4, 0.5) is 0 Å². The summed E-state index contributed by atoms with van der Waals surface area (Å²) in [5, 5.41) is 12.5. The first-order valence-electron chi connectivity index (χ1n) is 24.0. The standard InChI is InChI=1S/C60H57N3O/c1-38(2)40-23-25-43(26-24-40)45-29-30-61-53(35-45)48-33-46(42-19-14-11-15-20-42)32-47(34-48)50-21-16-22-55-56(50)62-58(51-36-49(59(4,5)6)37-52(57(51)64)60(7,8)9)63(55)54-28-27-44(31-39(54)3)41-17-12-10-13-18-41/h10-38,64H,1-9H3/i3D3,38D. The van der Waals surface area contributed by atoms with E-state index in [2.05, 4.69) is 102 Å². The molecular formula is C60H57N3O. The third kappa shape index (κ3) is 8.17. The van der Waals surface area contributed by atoms with Gasteiger partial charge in [0.1, 0.15) is 11.6 Å². The van der Waals surface area contributed by atoms with E-state index in [-0.39, 0.29) is 16.7 Å². The van der Waals surface area contributed by atoms with Gasteiger partial charge in [0.15, 0.2) is 0 Å². The Hall–Kier alpha value is -7.04. The van der Waals surface area contributed by atoms with Crippen molar-refractivity contribution in [2.75, 3.05) is 0 Å². The fraction of sp³-hybridized carbons (Fsp3) is 0.200. The maximum absolute atomic E-state index is 12.5. The molecule has 318 valence electrons. The van der Waals surface area contributed by atoms with Crippen molar-refractivity contribution in [1.29, 1.82) is 0 Å². The summed E-state index contributed by atoms with van der Waals surface area (Å²) in [7, 11) is 0. The van der Waals surface area contributed by atoms with Crippen LogP contribution in [0.3, 0.4) is 0 Å². The molecule has 0 spiro atoms. The molecule has 9 rings (SSSR count). The number of para-hydroxylation sites is 1. The lowest BCUT2D eigenvalue weighted by molar-refractivity contribution is 0.446. The summed E-state index contributed by atoms with van der Waals surface area (Å²) in [4.78, 5) is 10.4. The Kier molecular flexibility index (Phi) is 9.72. The summed E-state index contributed by atoms with van der Waals surface area (Å²) in [5.74, 6) is -0.155. The summed E-state index contributed by atoms with van der Waals surface area (Å²) in [6.45, 7) is 14.0. The Morgan fingerprint density at radius 3 is 1.84 bits per heavy atom. The lowest BCUT2D eigenvalue weighted by Gasteiger charge is -2.27. The SMILES string of the molecule is [2H]C([2H])([2H])c1cc(-c2ccccc2)ccc1-n1c(-c2cc(C(C)(C)C)cc(C(C)(C)C)c2O)nc2c(-c3cc(-c4ccccc4)cc(-c4cc(-c5ccc(C([2H])(C)C)cc5)ccn4)c3)cccc21. The van der Waals surface area contributed by atoms with Crippen molar-refractivity contribution in [3.8, 4) is 78.6 Å². The van der Waals surface area contributed by atoms with Crippen LogP contribution in [-0.2, 0) is 10.8 Å². The number of hydrogen-bond acceptors (Lipinski definition) is 3. The van der Waals surface area contributed by atoms with E-state index in [1.54, 1.807) is 6.07 Å².